The van der Waals surface area contributed by atoms with E-state index >= 15 is 0 Å². The van der Waals surface area contributed by atoms with Crippen molar-refractivity contribution in [2.24, 2.45) is 5.73 Å². The second-order valence-electron chi connectivity index (χ2n) is 5.85. The second-order valence-corrected chi connectivity index (χ2v) is 5.85. The minimum Gasteiger partial charge on any atom is -0.324 e. The normalized spacial score (nSPS) is 25.2. The monoisotopic (exact) mass is 241 g/mol. The predicted molar refractivity (Wildman–Crippen MR) is 77.5 cm³/mol. The molecule has 0 aliphatic heterocycles. The third-order valence-corrected chi connectivity index (χ3v) is 4.48. The zero-order valence-corrected chi connectivity index (χ0v) is 11.1. The molecule has 1 aromatic carbocycles. The van der Waals surface area contributed by atoms with Crippen LogP contribution in [-0.4, -0.2) is 6.04 Å². The van der Waals surface area contributed by atoms with E-state index in [4.69, 9.17) is 5.73 Å². The van der Waals surface area contributed by atoms with Crippen molar-refractivity contribution in [3.8, 4) is 0 Å². The summed E-state index contributed by atoms with van der Waals surface area (Å²) < 4.78 is 0. The Bertz CT molecular complexity index is 443. The van der Waals surface area contributed by atoms with E-state index in [1.165, 1.54) is 55.2 Å². The first-order valence-electron chi connectivity index (χ1n) is 7.39. The van der Waals surface area contributed by atoms with E-state index < -0.39 is 0 Å². The average Bonchev–Trinajstić information content (AvgIpc) is 2.52. The summed E-state index contributed by atoms with van der Waals surface area (Å²) in [6, 6.07) is 9.44. The molecule has 0 amide bonds. The zero-order chi connectivity index (χ0) is 12.4. The summed E-state index contributed by atoms with van der Waals surface area (Å²) in [6.07, 6.45) is 11.4. The standard InChI is InChI=1S/C17H23N/c18-17-10-2-1-5-16(12-17)15-9-4-8-14(11-15)13-6-3-7-13/h4,8-9,11-13,17H,1-3,5-7,10,18H2. The predicted octanol–water partition coefficient (Wildman–Crippen LogP) is 4.24. The third-order valence-electron chi connectivity index (χ3n) is 4.48. The molecule has 1 aromatic rings. The number of hydrogen-bond acceptors (Lipinski definition) is 1. The molecule has 0 aromatic heterocycles. The van der Waals surface area contributed by atoms with Gasteiger partial charge >= 0.3 is 0 Å². The van der Waals surface area contributed by atoms with Crippen LogP contribution in [0.15, 0.2) is 30.3 Å². The molecule has 1 unspecified atom stereocenters. The maximum absolute atomic E-state index is 6.12. The maximum atomic E-state index is 6.12. The average molecular weight is 241 g/mol. The summed E-state index contributed by atoms with van der Waals surface area (Å²) in [7, 11) is 0. The summed E-state index contributed by atoms with van der Waals surface area (Å²) in [4.78, 5) is 0. The van der Waals surface area contributed by atoms with Gasteiger partial charge in [-0.15, -0.1) is 0 Å². The van der Waals surface area contributed by atoms with Crippen LogP contribution in [0.2, 0.25) is 0 Å². The van der Waals surface area contributed by atoms with Crippen LogP contribution >= 0.6 is 0 Å². The Labute approximate surface area is 110 Å². The van der Waals surface area contributed by atoms with Gasteiger partial charge in [-0.3, -0.25) is 0 Å². The van der Waals surface area contributed by atoms with E-state index in [0.717, 1.165) is 12.3 Å². The smallest absolute Gasteiger partial charge is 0.0229 e. The highest BCUT2D eigenvalue weighted by molar-refractivity contribution is 5.67. The number of allylic oxidation sites excluding steroid dienone is 1. The highest BCUT2D eigenvalue weighted by atomic mass is 14.6. The van der Waals surface area contributed by atoms with Crippen LogP contribution in [0.3, 0.4) is 0 Å². The van der Waals surface area contributed by atoms with Crippen molar-refractivity contribution in [2.45, 2.75) is 56.9 Å². The fraction of sp³-hybridized carbons (Fsp3) is 0.529. The lowest BCUT2D eigenvalue weighted by atomic mass is 9.79. The zero-order valence-electron chi connectivity index (χ0n) is 11.1. The van der Waals surface area contributed by atoms with Crippen molar-refractivity contribution in [2.75, 3.05) is 0 Å². The van der Waals surface area contributed by atoms with Gasteiger partial charge in [0.25, 0.3) is 0 Å². The summed E-state index contributed by atoms with van der Waals surface area (Å²) in [5, 5.41) is 0. The quantitative estimate of drug-likeness (QED) is 0.823. The summed E-state index contributed by atoms with van der Waals surface area (Å²) in [5.74, 6) is 0.824. The van der Waals surface area contributed by atoms with Crippen molar-refractivity contribution in [1.29, 1.82) is 0 Å². The van der Waals surface area contributed by atoms with E-state index in [1.807, 2.05) is 0 Å². The van der Waals surface area contributed by atoms with Crippen LogP contribution < -0.4 is 5.73 Å². The topological polar surface area (TPSA) is 26.0 Å². The fourth-order valence-electron chi connectivity index (χ4n) is 3.10. The first-order valence-corrected chi connectivity index (χ1v) is 7.39. The Morgan fingerprint density at radius 1 is 1.00 bits per heavy atom. The van der Waals surface area contributed by atoms with E-state index in [-0.39, 0.29) is 6.04 Å². The molecule has 0 spiro atoms. The van der Waals surface area contributed by atoms with Crippen molar-refractivity contribution in [3.05, 3.63) is 41.5 Å². The number of nitrogens with two attached hydrogens (primary N) is 1. The molecular formula is C17H23N. The van der Waals surface area contributed by atoms with Crippen molar-refractivity contribution in [3.63, 3.8) is 0 Å². The van der Waals surface area contributed by atoms with Crippen molar-refractivity contribution < 1.29 is 0 Å². The van der Waals surface area contributed by atoms with Gasteiger partial charge in [-0.1, -0.05) is 43.2 Å². The van der Waals surface area contributed by atoms with Crippen LogP contribution in [0.4, 0.5) is 0 Å². The van der Waals surface area contributed by atoms with Gasteiger partial charge in [0, 0.05) is 6.04 Å². The van der Waals surface area contributed by atoms with Gasteiger partial charge in [-0.05, 0) is 54.7 Å². The SMILES string of the molecule is NC1C=C(c2cccc(C3CCC3)c2)CCCC1. The molecule has 1 saturated carbocycles. The molecule has 1 fully saturated rings. The van der Waals surface area contributed by atoms with E-state index in [9.17, 15) is 0 Å². The number of hydrogen-bond donors (Lipinski definition) is 1. The molecule has 3 rings (SSSR count). The largest absolute Gasteiger partial charge is 0.324 e. The molecule has 1 atom stereocenters. The molecular weight excluding hydrogens is 218 g/mol. The Morgan fingerprint density at radius 3 is 2.67 bits per heavy atom. The lowest BCUT2D eigenvalue weighted by molar-refractivity contribution is 0.419. The minimum absolute atomic E-state index is 0.259. The highest BCUT2D eigenvalue weighted by Crippen LogP contribution is 2.37. The summed E-state index contributed by atoms with van der Waals surface area (Å²) in [6.45, 7) is 0. The Morgan fingerprint density at radius 2 is 1.89 bits per heavy atom. The van der Waals surface area contributed by atoms with Gasteiger partial charge in [0.15, 0.2) is 0 Å². The lowest BCUT2D eigenvalue weighted by Crippen LogP contribution is -2.15. The molecule has 0 heterocycles. The molecule has 1 heteroatoms. The summed E-state index contributed by atoms with van der Waals surface area (Å²) in [5.41, 5.74) is 10.5. The molecule has 18 heavy (non-hydrogen) atoms. The minimum atomic E-state index is 0.259. The van der Waals surface area contributed by atoms with Crippen molar-refractivity contribution in [1.82, 2.24) is 0 Å². The molecule has 2 aliphatic carbocycles. The van der Waals surface area contributed by atoms with Crippen LogP contribution in [0.25, 0.3) is 5.57 Å². The highest BCUT2D eigenvalue weighted by Gasteiger charge is 2.20. The third kappa shape index (κ3) is 2.51. The van der Waals surface area contributed by atoms with Crippen LogP contribution in [-0.2, 0) is 0 Å². The molecule has 2 N–H and O–H groups in total. The van der Waals surface area contributed by atoms with Crippen LogP contribution in [0, 0.1) is 0 Å². The van der Waals surface area contributed by atoms with Crippen LogP contribution in [0.5, 0.6) is 0 Å². The van der Waals surface area contributed by atoms with Gasteiger partial charge in [0.2, 0.25) is 0 Å². The Hall–Kier alpha value is -1.08. The number of rotatable bonds is 2. The second kappa shape index (κ2) is 5.27. The van der Waals surface area contributed by atoms with E-state index in [1.54, 1.807) is 0 Å². The van der Waals surface area contributed by atoms with Gasteiger partial charge in [-0.2, -0.15) is 0 Å². The van der Waals surface area contributed by atoms with E-state index in [2.05, 4.69) is 30.3 Å². The molecule has 0 bridgehead atoms. The Kier molecular flexibility index (Phi) is 3.51. The summed E-state index contributed by atoms with van der Waals surface area (Å²) >= 11 is 0. The maximum Gasteiger partial charge on any atom is 0.0229 e. The van der Waals surface area contributed by atoms with Crippen molar-refractivity contribution >= 4 is 5.57 Å². The number of benzene rings is 1. The molecule has 2 aliphatic rings. The van der Waals surface area contributed by atoms with Gasteiger partial charge < -0.3 is 5.73 Å². The van der Waals surface area contributed by atoms with Crippen LogP contribution in [0.1, 0.15) is 62.0 Å². The Balaban J connectivity index is 1.86. The van der Waals surface area contributed by atoms with Gasteiger partial charge in [0.05, 0.1) is 0 Å². The van der Waals surface area contributed by atoms with Gasteiger partial charge in [0.1, 0.15) is 0 Å². The van der Waals surface area contributed by atoms with Gasteiger partial charge in [-0.25, -0.2) is 0 Å². The first kappa shape index (κ1) is 12.0. The molecule has 96 valence electrons. The first-order chi connectivity index (χ1) is 8.83. The molecule has 0 radical (unpaired) electrons. The van der Waals surface area contributed by atoms with E-state index in [0.29, 0.717) is 0 Å². The molecule has 0 saturated heterocycles. The lowest BCUT2D eigenvalue weighted by Gasteiger charge is -2.26. The fourth-order valence-corrected chi connectivity index (χ4v) is 3.10. The molecule has 1 nitrogen and oxygen atoms in total.